The first-order chi connectivity index (χ1) is 13.5. The van der Waals surface area contributed by atoms with Crippen LogP contribution < -0.4 is 10.2 Å². The Kier molecular flexibility index (Phi) is 6.06. The SMILES string of the molecule is O=C(O)CN1C(=O)[C@H](N[C@@H](CCc2ccccc2)C(=O)O)Cc2ccccc21. The Bertz CT molecular complexity index is 868. The van der Waals surface area contributed by atoms with Gasteiger partial charge in [-0.25, -0.2) is 0 Å². The van der Waals surface area contributed by atoms with Gasteiger partial charge in [0.05, 0.1) is 6.04 Å². The van der Waals surface area contributed by atoms with E-state index < -0.39 is 36.5 Å². The van der Waals surface area contributed by atoms with Crippen LogP contribution in [0.25, 0.3) is 0 Å². The summed E-state index contributed by atoms with van der Waals surface area (Å²) in [5, 5.41) is 21.7. The second-order valence-electron chi connectivity index (χ2n) is 6.79. The van der Waals surface area contributed by atoms with Gasteiger partial charge in [0.15, 0.2) is 0 Å². The zero-order valence-electron chi connectivity index (χ0n) is 15.2. The normalized spacial score (nSPS) is 17.1. The summed E-state index contributed by atoms with van der Waals surface area (Å²) < 4.78 is 0. The molecule has 0 bridgehead atoms. The number of carbonyl (C=O) groups is 3. The molecule has 1 heterocycles. The molecule has 146 valence electrons. The third kappa shape index (κ3) is 4.55. The Morgan fingerprint density at radius 1 is 1.07 bits per heavy atom. The minimum Gasteiger partial charge on any atom is -0.480 e. The number of para-hydroxylation sites is 1. The van der Waals surface area contributed by atoms with Crippen LogP contribution in [0.4, 0.5) is 5.69 Å². The smallest absolute Gasteiger partial charge is 0.323 e. The molecule has 0 spiro atoms. The molecule has 0 saturated heterocycles. The first-order valence-corrected chi connectivity index (χ1v) is 9.09. The van der Waals surface area contributed by atoms with E-state index in [1.54, 1.807) is 12.1 Å². The van der Waals surface area contributed by atoms with Crippen LogP contribution in [-0.4, -0.2) is 46.7 Å². The van der Waals surface area contributed by atoms with Crippen molar-refractivity contribution in [2.24, 2.45) is 0 Å². The molecule has 1 amide bonds. The number of amides is 1. The Morgan fingerprint density at radius 2 is 1.75 bits per heavy atom. The predicted molar refractivity (Wildman–Crippen MR) is 103 cm³/mol. The van der Waals surface area contributed by atoms with Crippen LogP contribution in [0.5, 0.6) is 0 Å². The highest BCUT2D eigenvalue weighted by molar-refractivity contribution is 6.03. The standard InChI is InChI=1S/C21H22N2O5/c24-19(25)13-23-18-9-5-4-8-15(18)12-17(20(23)26)22-16(21(27)28)11-10-14-6-2-1-3-7-14/h1-9,16-17,22H,10-13H2,(H,24,25)(H,27,28)/t16-,17+/m0/s1. The van der Waals surface area contributed by atoms with Gasteiger partial charge in [-0.15, -0.1) is 0 Å². The molecule has 28 heavy (non-hydrogen) atoms. The summed E-state index contributed by atoms with van der Waals surface area (Å²) >= 11 is 0. The highest BCUT2D eigenvalue weighted by Gasteiger charge is 2.35. The van der Waals surface area contributed by atoms with Gasteiger partial charge in [0.2, 0.25) is 5.91 Å². The van der Waals surface area contributed by atoms with E-state index in [0.29, 0.717) is 24.9 Å². The summed E-state index contributed by atoms with van der Waals surface area (Å²) in [4.78, 5) is 37.0. The molecule has 0 fully saturated rings. The van der Waals surface area contributed by atoms with Crippen LogP contribution in [0, 0.1) is 0 Å². The fourth-order valence-electron chi connectivity index (χ4n) is 3.47. The quantitative estimate of drug-likeness (QED) is 0.642. The fraction of sp³-hybridized carbons (Fsp3) is 0.286. The van der Waals surface area contributed by atoms with Crippen LogP contribution in [0.3, 0.4) is 0 Å². The molecule has 2 atom stereocenters. The summed E-state index contributed by atoms with van der Waals surface area (Å²) in [5.41, 5.74) is 2.39. The first kappa shape index (κ1) is 19.6. The van der Waals surface area contributed by atoms with Crippen LogP contribution in [0.2, 0.25) is 0 Å². The monoisotopic (exact) mass is 382 g/mol. The zero-order valence-corrected chi connectivity index (χ0v) is 15.2. The van der Waals surface area contributed by atoms with Gasteiger partial charge < -0.3 is 10.2 Å². The maximum absolute atomic E-state index is 12.9. The van der Waals surface area contributed by atoms with Crippen molar-refractivity contribution in [1.29, 1.82) is 0 Å². The number of rotatable bonds is 8. The Balaban J connectivity index is 1.76. The van der Waals surface area contributed by atoms with E-state index in [2.05, 4.69) is 5.32 Å². The molecule has 0 aromatic heterocycles. The molecule has 3 N–H and O–H groups in total. The molecule has 2 aromatic rings. The van der Waals surface area contributed by atoms with Crippen molar-refractivity contribution in [1.82, 2.24) is 5.32 Å². The van der Waals surface area contributed by atoms with Crippen molar-refractivity contribution in [2.45, 2.75) is 31.3 Å². The van der Waals surface area contributed by atoms with Gasteiger partial charge >= 0.3 is 11.9 Å². The number of anilines is 1. The number of carboxylic acid groups (broad SMARTS) is 2. The highest BCUT2D eigenvalue weighted by atomic mass is 16.4. The summed E-state index contributed by atoms with van der Waals surface area (Å²) in [7, 11) is 0. The topological polar surface area (TPSA) is 107 Å². The molecule has 1 aliphatic heterocycles. The molecule has 2 aromatic carbocycles. The van der Waals surface area contributed by atoms with Crippen LogP contribution in [0.1, 0.15) is 17.5 Å². The average molecular weight is 382 g/mol. The Labute approximate surface area is 162 Å². The number of hydrogen-bond acceptors (Lipinski definition) is 4. The van der Waals surface area contributed by atoms with Crippen LogP contribution in [-0.2, 0) is 27.2 Å². The molecule has 1 aliphatic rings. The number of fused-ring (bicyclic) bond motifs is 1. The van der Waals surface area contributed by atoms with Crippen molar-refractivity contribution in [3.63, 3.8) is 0 Å². The number of aliphatic carboxylic acids is 2. The molecular weight excluding hydrogens is 360 g/mol. The van der Waals surface area contributed by atoms with Gasteiger partial charge in [0, 0.05) is 5.69 Å². The van der Waals surface area contributed by atoms with Crippen molar-refractivity contribution < 1.29 is 24.6 Å². The number of nitrogens with one attached hydrogen (secondary N) is 1. The number of aryl methyl sites for hydroxylation is 1. The number of benzene rings is 2. The van der Waals surface area contributed by atoms with Gasteiger partial charge in [0.25, 0.3) is 0 Å². The fourth-order valence-corrected chi connectivity index (χ4v) is 3.47. The van der Waals surface area contributed by atoms with Crippen LogP contribution in [0.15, 0.2) is 54.6 Å². The lowest BCUT2D eigenvalue weighted by Crippen LogP contribution is -2.56. The molecule has 7 nitrogen and oxygen atoms in total. The third-order valence-corrected chi connectivity index (χ3v) is 4.83. The largest absolute Gasteiger partial charge is 0.480 e. The van der Waals surface area contributed by atoms with Crippen molar-refractivity contribution in [2.75, 3.05) is 11.4 Å². The second-order valence-corrected chi connectivity index (χ2v) is 6.79. The van der Waals surface area contributed by atoms with Crippen molar-refractivity contribution in [3.05, 3.63) is 65.7 Å². The Hall–Kier alpha value is -3.19. The minimum atomic E-state index is -1.12. The van der Waals surface area contributed by atoms with E-state index >= 15 is 0 Å². The number of carboxylic acids is 2. The lowest BCUT2D eigenvalue weighted by atomic mass is 9.95. The maximum Gasteiger partial charge on any atom is 0.323 e. The summed E-state index contributed by atoms with van der Waals surface area (Å²) in [6, 6.07) is 14.9. The second kappa shape index (κ2) is 8.67. The zero-order chi connectivity index (χ0) is 20.1. The summed E-state index contributed by atoms with van der Waals surface area (Å²) in [6.07, 6.45) is 1.20. The maximum atomic E-state index is 12.9. The van der Waals surface area contributed by atoms with Crippen LogP contribution >= 0.6 is 0 Å². The van der Waals surface area contributed by atoms with Gasteiger partial charge in [-0.3, -0.25) is 24.6 Å². The molecule has 7 heteroatoms. The van der Waals surface area contributed by atoms with Gasteiger partial charge in [0.1, 0.15) is 12.6 Å². The van der Waals surface area contributed by atoms with Crippen molar-refractivity contribution >= 4 is 23.5 Å². The van der Waals surface area contributed by atoms with E-state index in [0.717, 1.165) is 11.1 Å². The average Bonchev–Trinajstić information content (AvgIpc) is 2.68. The lowest BCUT2D eigenvalue weighted by Gasteiger charge is -2.34. The number of nitrogens with zero attached hydrogens (tertiary/aromatic N) is 1. The van der Waals surface area contributed by atoms with E-state index in [-0.39, 0.29) is 0 Å². The molecule has 0 saturated carbocycles. The minimum absolute atomic E-state index is 0.320. The van der Waals surface area contributed by atoms with Gasteiger partial charge in [-0.1, -0.05) is 48.5 Å². The molecule has 0 aliphatic carbocycles. The first-order valence-electron chi connectivity index (χ1n) is 9.09. The molecular formula is C21H22N2O5. The predicted octanol–water partition coefficient (Wildman–Crippen LogP) is 1.70. The third-order valence-electron chi connectivity index (χ3n) is 4.83. The van der Waals surface area contributed by atoms with E-state index in [4.69, 9.17) is 5.11 Å². The van der Waals surface area contributed by atoms with E-state index in [1.807, 2.05) is 42.5 Å². The highest BCUT2D eigenvalue weighted by Crippen LogP contribution is 2.28. The lowest BCUT2D eigenvalue weighted by molar-refractivity contribution is -0.140. The summed E-state index contributed by atoms with van der Waals surface area (Å²) in [6.45, 7) is -0.463. The van der Waals surface area contributed by atoms with E-state index in [1.165, 1.54) is 4.90 Å². The molecule has 0 unspecified atom stereocenters. The number of hydrogen-bond donors (Lipinski definition) is 3. The Morgan fingerprint density at radius 3 is 2.43 bits per heavy atom. The van der Waals surface area contributed by atoms with Gasteiger partial charge in [-0.05, 0) is 36.5 Å². The van der Waals surface area contributed by atoms with E-state index in [9.17, 15) is 19.5 Å². The van der Waals surface area contributed by atoms with Gasteiger partial charge in [-0.2, -0.15) is 0 Å². The summed E-state index contributed by atoms with van der Waals surface area (Å²) in [5.74, 6) is -2.58. The number of carbonyl (C=O) groups excluding carboxylic acids is 1. The molecule has 3 rings (SSSR count). The molecule has 0 radical (unpaired) electrons. The van der Waals surface area contributed by atoms with Crippen molar-refractivity contribution in [3.8, 4) is 0 Å².